The van der Waals surface area contributed by atoms with Gasteiger partial charge >= 0.3 is 5.97 Å². The predicted octanol–water partition coefficient (Wildman–Crippen LogP) is 0.942. The van der Waals surface area contributed by atoms with Crippen LogP contribution in [0.5, 0.6) is 0 Å². The summed E-state index contributed by atoms with van der Waals surface area (Å²) >= 11 is 0. The first-order valence-corrected chi connectivity index (χ1v) is 7.69. The molecule has 1 amide bonds. The lowest BCUT2D eigenvalue weighted by molar-refractivity contribution is -0.150. The van der Waals surface area contributed by atoms with Gasteiger partial charge < -0.3 is 10.1 Å². The molecule has 1 atom stereocenters. The Labute approximate surface area is 130 Å². The summed E-state index contributed by atoms with van der Waals surface area (Å²) in [7, 11) is 1.79. The van der Waals surface area contributed by atoms with Gasteiger partial charge in [-0.05, 0) is 33.2 Å². The Morgan fingerprint density at radius 2 is 2.27 bits per heavy atom. The molecule has 1 N–H and O–H groups in total. The van der Waals surface area contributed by atoms with E-state index in [0.29, 0.717) is 19.0 Å². The number of nitrogens with one attached hydrogen (secondary N) is 1. The number of esters is 1. The molecule has 1 aliphatic rings. The summed E-state index contributed by atoms with van der Waals surface area (Å²) in [5.41, 5.74) is 0.859. The molecule has 0 spiro atoms. The first-order chi connectivity index (χ1) is 10.5. The van der Waals surface area contributed by atoms with E-state index >= 15 is 0 Å². The van der Waals surface area contributed by atoms with E-state index in [1.54, 1.807) is 11.7 Å². The lowest BCUT2D eigenvalue weighted by Gasteiger charge is -2.30. The molecule has 7 nitrogen and oxygen atoms in total. The molecule has 1 saturated heterocycles. The van der Waals surface area contributed by atoms with Gasteiger partial charge in [-0.1, -0.05) is 0 Å². The van der Waals surface area contributed by atoms with Crippen LogP contribution in [0.1, 0.15) is 25.5 Å². The fourth-order valence-electron chi connectivity index (χ4n) is 2.76. The summed E-state index contributed by atoms with van der Waals surface area (Å²) < 4.78 is 6.71. The second-order valence-electron chi connectivity index (χ2n) is 5.67. The molecule has 1 aromatic heterocycles. The van der Waals surface area contributed by atoms with Crippen molar-refractivity contribution in [2.45, 2.75) is 26.7 Å². The first-order valence-electron chi connectivity index (χ1n) is 7.69. The number of amides is 1. The summed E-state index contributed by atoms with van der Waals surface area (Å²) in [5, 5.41) is 7.05. The van der Waals surface area contributed by atoms with E-state index in [4.69, 9.17) is 4.74 Å². The van der Waals surface area contributed by atoms with Crippen LogP contribution in [0.4, 0.5) is 5.82 Å². The van der Waals surface area contributed by atoms with Gasteiger partial charge in [0.25, 0.3) is 0 Å². The number of rotatable bonds is 5. The van der Waals surface area contributed by atoms with Gasteiger partial charge in [-0.15, -0.1) is 0 Å². The molecule has 0 saturated carbocycles. The molecule has 2 heterocycles. The number of aromatic nitrogens is 2. The number of anilines is 1. The van der Waals surface area contributed by atoms with Gasteiger partial charge in [-0.25, -0.2) is 0 Å². The summed E-state index contributed by atoms with van der Waals surface area (Å²) in [6.07, 6.45) is 1.74. The number of hydrogen-bond donors (Lipinski definition) is 1. The summed E-state index contributed by atoms with van der Waals surface area (Å²) in [5.74, 6) is 0.310. The molecule has 1 aromatic rings. The van der Waals surface area contributed by atoms with Crippen molar-refractivity contribution in [3.05, 3.63) is 11.8 Å². The first kappa shape index (κ1) is 16.5. The van der Waals surface area contributed by atoms with Crippen molar-refractivity contribution in [1.82, 2.24) is 14.7 Å². The van der Waals surface area contributed by atoms with Gasteiger partial charge in [0.05, 0.1) is 24.8 Å². The molecule has 0 aliphatic carbocycles. The Bertz CT molecular complexity index is 541. The van der Waals surface area contributed by atoms with Gasteiger partial charge in [0.15, 0.2) is 0 Å². The number of likely N-dealkylation sites (tertiary alicyclic amines) is 1. The van der Waals surface area contributed by atoms with Gasteiger partial charge in [-0.2, -0.15) is 5.10 Å². The smallest absolute Gasteiger partial charge is 0.310 e. The van der Waals surface area contributed by atoms with Crippen LogP contribution in [0.15, 0.2) is 6.07 Å². The van der Waals surface area contributed by atoms with Crippen molar-refractivity contribution < 1.29 is 14.3 Å². The Morgan fingerprint density at radius 3 is 2.91 bits per heavy atom. The van der Waals surface area contributed by atoms with Crippen LogP contribution in [-0.2, 0) is 21.4 Å². The van der Waals surface area contributed by atoms with E-state index in [2.05, 4.69) is 10.4 Å². The molecule has 1 fully saturated rings. The number of nitrogens with zero attached hydrogens (tertiary/aromatic N) is 3. The van der Waals surface area contributed by atoms with Crippen molar-refractivity contribution >= 4 is 17.7 Å². The molecule has 0 bridgehead atoms. The summed E-state index contributed by atoms with van der Waals surface area (Å²) in [6.45, 7) is 5.77. The summed E-state index contributed by atoms with van der Waals surface area (Å²) in [4.78, 5) is 25.9. The Kier molecular flexibility index (Phi) is 5.54. The average Bonchev–Trinajstić information content (AvgIpc) is 2.77. The minimum Gasteiger partial charge on any atom is -0.466 e. The highest BCUT2D eigenvalue weighted by atomic mass is 16.5. The molecule has 22 heavy (non-hydrogen) atoms. The largest absolute Gasteiger partial charge is 0.466 e. The van der Waals surface area contributed by atoms with Gasteiger partial charge in [-0.3, -0.25) is 19.2 Å². The number of carbonyl (C=O) groups excluding carboxylic acids is 2. The van der Waals surface area contributed by atoms with E-state index in [0.717, 1.165) is 25.1 Å². The number of carbonyl (C=O) groups is 2. The number of hydrogen-bond acceptors (Lipinski definition) is 5. The van der Waals surface area contributed by atoms with E-state index in [9.17, 15) is 9.59 Å². The quantitative estimate of drug-likeness (QED) is 0.819. The molecule has 1 aliphatic heterocycles. The molecule has 1 unspecified atom stereocenters. The van der Waals surface area contributed by atoms with Crippen molar-refractivity contribution in [3.63, 3.8) is 0 Å². The fourth-order valence-corrected chi connectivity index (χ4v) is 2.76. The maximum absolute atomic E-state index is 12.1. The second-order valence-corrected chi connectivity index (χ2v) is 5.67. The Hall–Kier alpha value is -1.89. The standard InChI is InChI=1S/C15H24N4O3/c1-4-22-15(21)12-6-5-7-19(9-12)10-14(20)16-13-8-11(2)17-18(13)3/h8,12H,4-7,9-10H2,1-3H3,(H,16,20). The SMILES string of the molecule is CCOC(=O)C1CCCN(CC(=O)Nc2cc(C)nn2C)C1. The Balaban J connectivity index is 1.86. The van der Waals surface area contributed by atoms with Crippen LogP contribution in [0, 0.1) is 12.8 Å². The van der Waals surface area contributed by atoms with Crippen LogP contribution in [-0.4, -0.2) is 52.8 Å². The minimum absolute atomic E-state index is 0.0903. The summed E-state index contributed by atoms with van der Waals surface area (Å²) in [6, 6.07) is 1.83. The van der Waals surface area contributed by atoms with Crippen LogP contribution < -0.4 is 5.32 Å². The van der Waals surface area contributed by atoms with Gasteiger partial charge in [0, 0.05) is 19.7 Å². The third kappa shape index (κ3) is 4.30. The van der Waals surface area contributed by atoms with E-state index < -0.39 is 0 Å². The Morgan fingerprint density at radius 1 is 1.50 bits per heavy atom. The van der Waals surface area contributed by atoms with Gasteiger partial charge in [0.2, 0.25) is 5.91 Å². The maximum atomic E-state index is 12.1. The van der Waals surface area contributed by atoms with Crippen molar-refractivity contribution in [2.75, 3.05) is 31.6 Å². The zero-order valence-electron chi connectivity index (χ0n) is 13.5. The van der Waals surface area contributed by atoms with Gasteiger partial charge in [0.1, 0.15) is 5.82 Å². The zero-order valence-corrected chi connectivity index (χ0v) is 13.5. The monoisotopic (exact) mass is 308 g/mol. The fraction of sp³-hybridized carbons (Fsp3) is 0.667. The molecule has 0 radical (unpaired) electrons. The maximum Gasteiger partial charge on any atom is 0.310 e. The molecule has 0 aromatic carbocycles. The second kappa shape index (κ2) is 7.40. The molecular formula is C15H24N4O3. The lowest BCUT2D eigenvalue weighted by Crippen LogP contribution is -2.43. The zero-order chi connectivity index (χ0) is 16.1. The molecular weight excluding hydrogens is 284 g/mol. The van der Waals surface area contributed by atoms with E-state index in [-0.39, 0.29) is 24.3 Å². The van der Waals surface area contributed by atoms with Crippen LogP contribution in [0.2, 0.25) is 0 Å². The van der Waals surface area contributed by atoms with Crippen molar-refractivity contribution in [1.29, 1.82) is 0 Å². The third-order valence-corrected chi connectivity index (χ3v) is 3.76. The van der Waals surface area contributed by atoms with E-state index in [1.165, 1.54) is 0 Å². The highest BCUT2D eigenvalue weighted by Gasteiger charge is 2.27. The lowest BCUT2D eigenvalue weighted by atomic mass is 9.98. The average molecular weight is 308 g/mol. The number of ether oxygens (including phenoxy) is 1. The topological polar surface area (TPSA) is 76.5 Å². The third-order valence-electron chi connectivity index (χ3n) is 3.76. The van der Waals surface area contributed by atoms with Crippen molar-refractivity contribution in [2.24, 2.45) is 13.0 Å². The molecule has 2 rings (SSSR count). The van der Waals surface area contributed by atoms with Crippen LogP contribution in [0.25, 0.3) is 0 Å². The molecule has 7 heteroatoms. The van der Waals surface area contributed by atoms with E-state index in [1.807, 2.05) is 24.8 Å². The highest BCUT2D eigenvalue weighted by Crippen LogP contribution is 2.18. The normalized spacial score (nSPS) is 19.0. The number of piperidine rings is 1. The van der Waals surface area contributed by atoms with Crippen LogP contribution in [0.3, 0.4) is 0 Å². The minimum atomic E-state index is -0.158. The van der Waals surface area contributed by atoms with Crippen molar-refractivity contribution in [3.8, 4) is 0 Å². The predicted molar refractivity (Wildman–Crippen MR) is 82.4 cm³/mol. The molecule has 122 valence electrons. The number of aryl methyl sites for hydroxylation is 2. The highest BCUT2D eigenvalue weighted by molar-refractivity contribution is 5.91. The van der Waals surface area contributed by atoms with Crippen LogP contribution >= 0.6 is 0 Å².